The smallest absolute Gasteiger partial charge is 0.241 e. The number of morpholine rings is 1. The summed E-state index contributed by atoms with van der Waals surface area (Å²) in [6.07, 6.45) is 1.75. The van der Waals surface area contributed by atoms with E-state index in [0.717, 1.165) is 25.1 Å². The number of rotatable bonds is 4. The number of nitrogens with zero attached hydrogens (tertiary/aromatic N) is 2. The van der Waals surface area contributed by atoms with Gasteiger partial charge in [0.1, 0.15) is 0 Å². The Morgan fingerprint density at radius 1 is 1.08 bits per heavy atom. The molecule has 3 rings (SSSR count). The van der Waals surface area contributed by atoms with Crippen molar-refractivity contribution in [1.82, 2.24) is 9.80 Å². The van der Waals surface area contributed by atoms with Crippen LogP contribution in [0.5, 0.6) is 0 Å². The third-order valence-electron chi connectivity index (χ3n) is 4.66. The normalized spacial score (nSPS) is 20.6. The van der Waals surface area contributed by atoms with Crippen LogP contribution in [0.3, 0.4) is 0 Å². The van der Waals surface area contributed by atoms with Crippen molar-refractivity contribution < 1.29 is 14.3 Å². The van der Waals surface area contributed by atoms with Crippen molar-refractivity contribution in [2.24, 2.45) is 5.92 Å². The molecule has 2 aliphatic rings. The summed E-state index contributed by atoms with van der Waals surface area (Å²) in [6, 6.07) is 9.69. The van der Waals surface area contributed by atoms with Crippen molar-refractivity contribution in [3.05, 3.63) is 30.3 Å². The first-order valence-corrected chi connectivity index (χ1v) is 8.67. The second-order valence-electron chi connectivity index (χ2n) is 6.34. The van der Waals surface area contributed by atoms with E-state index in [1.807, 2.05) is 40.1 Å². The molecule has 0 spiro atoms. The van der Waals surface area contributed by atoms with Gasteiger partial charge in [0, 0.05) is 31.9 Å². The molecule has 2 saturated heterocycles. The number of carbonyl (C=O) groups is 2. The van der Waals surface area contributed by atoms with Gasteiger partial charge in [-0.3, -0.25) is 9.59 Å². The Bertz CT molecular complexity index is 564. The second-order valence-corrected chi connectivity index (χ2v) is 6.34. The zero-order valence-electron chi connectivity index (χ0n) is 14.4. The number of benzene rings is 1. The zero-order chi connectivity index (χ0) is 16.8. The molecule has 0 bridgehead atoms. The summed E-state index contributed by atoms with van der Waals surface area (Å²) < 4.78 is 5.30. The molecular formula is C18H26ClN3O3. The molecule has 0 aliphatic carbocycles. The van der Waals surface area contributed by atoms with Crippen molar-refractivity contribution in [2.75, 3.05) is 51.3 Å². The van der Waals surface area contributed by atoms with Crippen LogP contribution in [0, 0.1) is 5.92 Å². The first-order valence-electron chi connectivity index (χ1n) is 8.67. The largest absolute Gasteiger partial charge is 0.378 e. The number of amides is 2. The number of anilines is 1. The molecular weight excluding hydrogens is 342 g/mol. The highest BCUT2D eigenvalue weighted by atomic mass is 35.5. The lowest BCUT2D eigenvalue weighted by Gasteiger charge is -2.36. The predicted octanol–water partition coefficient (Wildman–Crippen LogP) is 1.62. The summed E-state index contributed by atoms with van der Waals surface area (Å²) in [4.78, 5) is 28.8. The maximum atomic E-state index is 12.6. The molecule has 0 aromatic heterocycles. The molecule has 2 heterocycles. The summed E-state index contributed by atoms with van der Waals surface area (Å²) >= 11 is 0. The van der Waals surface area contributed by atoms with Crippen LogP contribution in [-0.4, -0.2) is 67.6 Å². The van der Waals surface area contributed by atoms with Gasteiger partial charge in [-0.2, -0.15) is 0 Å². The van der Waals surface area contributed by atoms with Gasteiger partial charge in [0.2, 0.25) is 11.8 Å². The van der Waals surface area contributed by atoms with Crippen molar-refractivity contribution in [3.8, 4) is 0 Å². The number of nitrogens with one attached hydrogen (secondary N) is 1. The molecule has 1 unspecified atom stereocenters. The van der Waals surface area contributed by atoms with E-state index < -0.39 is 0 Å². The summed E-state index contributed by atoms with van der Waals surface area (Å²) in [5.74, 6) is 0.155. The number of hydrogen-bond acceptors (Lipinski definition) is 4. The molecule has 6 nitrogen and oxygen atoms in total. The summed E-state index contributed by atoms with van der Waals surface area (Å²) in [7, 11) is 0. The lowest BCUT2D eigenvalue weighted by atomic mass is 9.96. The van der Waals surface area contributed by atoms with Crippen LogP contribution in [0.15, 0.2) is 30.3 Å². The van der Waals surface area contributed by atoms with E-state index in [9.17, 15) is 9.59 Å². The number of likely N-dealkylation sites (tertiary alicyclic amines) is 1. The van der Waals surface area contributed by atoms with Crippen molar-refractivity contribution in [3.63, 3.8) is 0 Å². The van der Waals surface area contributed by atoms with Gasteiger partial charge in [-0.05, 0) is 25.0 Å². The summed E-state index contributed by atoms with van der Waals surface area (Å²) in [5, 5.41) is 3.15. The Morgan fingerprint density at radius 2 is 1.80 bits per heavy atom. The van der Waals surface area contributed by atoms with Crippen LogP contribution in [0.2, 0.25) is 0 Å². The summed E-state index contributed by atoms with van der Waals surface area (Å²) in [6.45, 7) is 4.10. The highest BCUT2D eigenvalue weighted by Gasteiger charge is 2.31. The Hall–Kier alpha value is -1.79. The third kappa shape index (κ3) is 5.34. The molecule has 25 heavy (non-hydrogen) atoms. The molecule has 138 valence electrons. The minimum absolute atomic E-state index is 0. The van der Waals surface area contributed by atoms with E-state index in [2.05, 4.69) is 5.32 Å². The first kappa shape index (κ1) is 19.5. The Kier molecular flexibility index (Phi) is 7.52. The van der Waals surface area contributed by atoms with Gasteiger partial charge in [0.25, 0.3) is 0 Å². The molecule has 1 aromatic carbocycles. The lowest BCUT2D eigenvalue weighted by Crippen LogP contribution is -2.50. The summed E-state index contributed by atoms with van der Waals surface area (Å²) in [5.41, 5.74) is 0.934. The van der Waals surface area contributed by atoms with Crippen molar-refractivity contribution >= 4 is 29.9 Å². The molecule has 1 aromatic rings. The SMILES string of the molecule is Cl.O=C(CNc1ccccc1)N1CCCC(C(=O)N2CCOCC2)C1. The minimum atomic E-state index is -0.0717. The van der Waals surface area contributed by atoms with Crippen LogP contribution >= 0.6 is 12.4 Å². The van der Waals surface area contributed by atoms with Gasteiger partial charge in [0.15, 0.2) is 0 Å². The number of para-hydroxylation sites is 1. The standard InChI is InChI=1S/C18H25N3O3.ClH/c22-17(13-19-16-6-2-1-3-7-16)21-8-4-5-15(14-21)18(23)20-9-11-24-12-10-20;/h1-3,6-7,15,19H,4-5,8-14H2;1H. The number of carbonyl (C=O) groups excluding carboxylic acids is 2. The fourth-order valence-corrected chi connectivity index (χ4v) is 3.29. The van der Waals surface area contributed by atoms with Crippen molar-refractivity contribution in [2.45, 2.75) is 12.8 Å². The monoisotopic (exact) mass is 367 g/mol. The fraction of sp³-hybridized carbons (Fsp3) is 0.556. The maximum absolute atomic E-state index is 12.6. The van der Waals surface area contributed by atoms with Crippen molar-refractivity contribution in [1.29, 1.82) is 0 Å². The predicted molar refractivity (Wildman–Crippen MR) is 98.9 cm³/mol. The van der Waals surface area contributed by atoms with Gasteiger partial charge < -0.3 is 19.9 Å². The average Bonchev–Trinajstić information content (AvgIpc) is 2.67. The molecule has 2 fully saturated rings. The molecule has 7 heteroatoms. The van der Waals surface area contributed by atoms with Gasteiger partial charge in [-0.15, -0.1) is 12.4 Å². The molecule has 1 N–H and O–H groups in total. The number of piperidine rings is 1. The zero-order valence-corrected chi connectivity index (χ0v) is 15.2. The van der Waals surface area contributed by atoms with E-state index in [0.29, 0.717) is 32.8 Å². The molecule has 2 aliphatic heterocycles. The fourth-order valence-electron chi connectivity index (χ4n) is 3.29. The van der Waals surface area contributed by atoms with E-state index >= 15 is 0 Å². The molecule has 0 radical (unpaired) electrons. The minimum Gasteiger partial charge on any atom is -0.378 e. The van der Waals surface area contributed by atoms with E-state index in [1.54, 1.807) is 0 Å². The Balaban J connectivity index is 0.00000225. The third-order valence-corrected chi connectivity index (χ3v) is 4.66. The molecule has 0 saturated carbocycles. The second kappa shape index (κ2) is 9.63. The Labute approximate surface area is 154 Å². The molecule has 1 atom stereocenters. The van der Waals surface area contributed by atoms with Gasteiger partial charge in [0.05, 0.1) is 25.7 Å². The van der Waals surface area contributed by atoms with Crippen LogP contribution < -0.4 is 5.32 Å². The van der Waals surface area contributed by atoms with E-state index in [1.165, 1.54) is 0 Å². The first-order chi connectivity index (χ1) is 11.7. The number of halogens is 1. The topological polar surface area (TPSA) is 61.9 Å². The average molecular weight is 368 g/mol. The van der Waals surface area contributed by atoms with E-state index in [-0.39, 0.29) is 36.7 Å². The van der Waals surface area contributed by atoms with Gasteiger partial charge >= 0.3 is 0 Å². The van der Waals surface area contributed by atoms with Crippen LogP contribution in [0.4, 0.5) is 5.69 Å². The highest BCUT2D eigenvalue weighted by molar-refractivity contribution is 5.85. The van der Waals surface area contributed by atoms with Gasteiger partial charge in [-0.25, -0.2) is 0 Å². The number of hydrogen-bond donors (Lipinski definition) is 1. The van der Waals surface area contributed by atoms with Crippen LogP contribution in [-0.2, 0) is 14.3 Å². The molecule has 2 amide bonds. The number of ether oxygens (including phenoxy) is 1. The van der Waals surface area contributed by atoms with Crippen LogP contribution in [0.1, 0.15) is 12.8 Å². The van der Waals surface area contributed by atoms with E-state index in [4.69, 9.17) is 4.74 Å². The maximum Gasteiger partial charge on any atom is 0.241 e. The van der Waals surface area contributed by atoms with Gasteiger partial charge in [-0.1, -0.05) is 18.2 Å². The quantitative estimate of drug-likeness (QED) is 0.878. The Morgan fingerprint density at radius 3 is 2.52 bits per heavy atom. The van der Waals surface area contributed by atoms with Crippen LogP contribution in [0.25, 0.3) is 0 Å². The lowest BCUT2D eigenvalue weighted by molar-refractivity contribution is -0.143. The highest BCUT2D eigenvalue weighted by Crippen LogP contribution is 2.20.